The molecule has 20 heavy (non-hydrogen) atoms. The van der Waals surface area contributed by atoms with Gasteiger partial charge in [-0.1, -0.05) is 0 Å². The number of rotatable bonds is 5. The van der Waals surface area contributed by atoms with Crippen LogP contribution in [0.1, 0.15) is 25.7 Å². The Morgan fingerprint density at radius 2 is 2.05 bits per heavy atom. The summed E-state index contributed by atoms with van der Waals surface area (Å²) in [7, 11) is 1.79. The van der Waals surface area contributed by atoms with Crippen molar-refractivity contribution in [2.24, 2.45) is 11.8 Å². The first-order valence-electron chi connectivity index (χ1n) is 7.24. The number of methoxy groups -OCH3 is 1. The summed E-state index contributed by atoms with van der Waals surface area (Å²) in [4.78, 5) is 0. The molecule has 3 rings (SSSR count). The summed E-state index contributed by atoms with van der Waals surface area (Å²) in [5, 5.41) is 7.38. The SMILES string of the molecule is COC1C[C@H]2CC(Nc3cnn(CC(F)F)c3)C[C@H]2C1. The first kappa shape index (κ1) is 13.8. The van der Waals surface area contributed by atoms with E-state index in [4.69, 9.17) is 4.74 Å². The van der Waals surface area contributed by atoms with Crippen LogP contribution in [0.5, 0.6) is 0 Å². The molecule has 1 N–H and O–H groups in total. The highest BCUT2D eigenvalue weighted by atomic mass is 19.3. The van der Waals surface area contributed by atoms with Gasteiger partial charge in [-0.3, -0.25) is 4.68 Å². The number of ether oxygens (including phenoxy) is 1. The van der Waals surface area contributed by atoms with Crippen LogP contribution in [-0.4, -0.2) is 35.5 Å². The van der Waals surface area contributed by atoms with E-state index in [2.05, 4.69) is 10.4 Å². The molecule has 112 valence electrons. The number of anilines is 1. The van der Waals surface area contributed by atoms with E-state index >= 15 is 0 Å². The third-order valence-electron chi connectivity index (χ3n) is 4.63. The van der Waals surface area contributed by atoms with Crippen LogP contribution in [0.2, 0.25) is 0 Å². The van der Waals surface area contributed by atoms with Crippen LogP contribution in [0, 0.1) is 11.8 Å². The molecule has 4 nitrogen and oxygen atoms in total. The molecule has 6 heteroatoms. The molecule has 1 aromatic heterocycles. The molecule has 0 amide bonds. The molecule has 2 aliphatic rings. The molecule has 0 saturated heterocycles. The molecule has 1 aromatic rings. The minimum atomic E-state index is -2.36. The van der Waals surface area contributed by atoms with Gasteiger partial charge in [0.25, 0.3) is 6.43 Å². The molecule has 0 bridgehead atoms. The third-order valence-corrected chi connectivity index (χ3v) is 4.63. The lowest BCUT2D eigenvalue weighted by Gasteiger charge is -2.15. The van der Waals surface area contributed by atoms with Crippen molar-refractivity contribution in [2.45, 2.75) is 50.8 Å². The average molecular weight is 285 g/mol. The first-order chi connectivity index (χ1) is 9.64. The number of nitrogens with zero attached hydrogens (tertiary/aromatic N) is 2. The first-order valence-corrected chi connectivity index (χ1v) is 7.24. The summed E-state index contributed by atoms with van der Waals surface area (Å²) in [6.45, 7) is -0.340. The highest BCUT2D eigenvalue weighted by molar-refractivity contribution is 5.39. The number of hydrogen-bond acceptors (Lipinski definition) is 3. The average Bonchev–Trinajstić information content (AvgIpc) is 3.03. The Labute approximate surface area is 117 Å². The fourth-order valence-electron chi connectivity index (χ4n) is 3.79. The zero-order chi connectivity index (χ0) is 14.1. The lowest BCUT2D eigenvalue weighted by molar-refractivity contribution is 0.101. The van der Waals surface area contributed by atoms with Crippen LogP contribution in [0.25, 0.3) is 0 Å². The van der Waals surface area contributed by atoms with E-state index in [1.807, 2.05) is 0 Å². The Morgan fingerprint density at radius 3 is 2.65 bits per heavy atom. The van der Waals surface area contributed by atoms with Crippen molar-refractivity contribution in [2.75, 3.05) is 12.4 Å². The maximum Gasteiger partial charge on any atom is 0.257 e. The van der Waals surface area contributed by atoms with Crippen molar-refractivity contribution in [3.63, 3.8) is 0 Å². The summed E-state index contributed by atoms with van der Waals surface area (Å²) in [5.74, 6) is 1.49. The number of nitrogens with one attached hydrogen (secondary N) is 1. The number of halogens is 2. The Kier molecular flexibility index (Phi) is 3.92. The van der Waals surface area contributed by atoms with Crippen molar-refractivity contribution in [3.8, 4) is 0 Å². The summed E-state index contributed by atoms with van der Waals surface area (Å²) < 4.78 is 31.3. The highest BCUT2D eigenvalue weighted by Crippen LogP contribution is 2.45. The van der Waals surface area contributed by atoms with Crippen LogP contribution in [0.4, 0.5) is 14.5 Å². The minimum Gasteiger partial charge on any atom is -0.381 e. The Balaban J connectivity index is 1.52. The van der Waals surface area contributed by atoms with Crippen LogP contribution >= 0.6 is 0 Å². The van der Waals surface area contributed by atoms with Crippen LogP contribution < -0.4 is 5.32 Å². The normalized spacial score (nSPS) is 32.8. The zero-order valence-electron chi connectivity index (χ0n) is 11.6. The minimum absolute atomic E-state index is 0.340. The van der Waals surface area contributed by atoms with Gasteiger partial charge in [-0.05, 0) is 37.5 Å². The fraction of sp³-hybridized carbons (Fsp3) is 0.786. The number of aromatic nitrogens is 2. The monoisotopic (exact) mass is 285 g/mol. The van der Waals surface area contributed by atoms with Gasteiger partial charge in [-0.2, -0.15) is 5.10 Å². The second-order valence-corrected chi connectivity index (χ2v) is 6.00. The van der Waals surface area contributed by atoms with Crippen molar-refractivity contribution in [1.29, 1.82) is 0 Å². The van der Waals surface area contributed by atoms with Gasteiger partial charge >= 0.3 is 0 Å². The van der Waals surface area contributed by atoms with E-state index in [9.17, 15) is 8.78 Å². The molecule has 2 aliphatic carbocycles. The van der Waals surface area contributed by atoms with Crippen molar-refractivity contribution in [1.82, 2.24) is 9.78 Å². The standard InChI is InChI=1S/C14H21F2N3O/c1-20-13-4-9-2-11(3-10(9)5-13)18-12-6-17-19(7-12)8-14(15)16/h6-7,9-11,13-14,18H,2-5,8H2,1H3/t9-,10+,11?,13?. The van der Waals surface area contributed by atoms with Gasteiger partial charge in [0.2, 0.25) is 0 Å². The summed E-state index contributed by atoms with van der Waals surface area (Å²) in [5.41, 5.74) is 0.846. The fourth-order valence-corrected chi connectivity index (χ4v) is 3.79. The van der Waals surface area contributed by atoms with Gasteiger partial charge in [0.05, 0.1) is 18.0 Å². The quantitative estimate of drug-likeness (QED) is 0.904. The predicted octanol–water partition coefficient (Wildman–Crippen LogP) is 2.76. The Hall–Kier alpha value is -1.17. The molecular formula is C14H21F2N3O. The molecule has 0 aliphatic heterocycles. The van der Waals surface area contributed by atoms with E-state index in [1.54, 1.807) is 19.5 Å². The number of hydrogen-bond donors (Lipinski definition) is 1. The molecule has 0 spiro atoms. The molecule has 1 heterocycles. The number of alkyl halides is 2. The van der Waals surface area contributed by atoms with Gasteiger partial charge < -0.3 is 10.1 Å². The predicted molar refractivity (Wildman–Crippen MR) is 71.9 cm³/mol. The number of fused-ring (bicyclic) bond motifs is 1. The molecule has 2 saturated carbocycles. The van der Waals surface area contributed by atoms with Crippen LogP contribution in [0.3, 0.4) is 0 Å². The van der Waals surface area contributed by atoms with E-state index < -0.39 is 6.43 Å². The molecule has 2 unspecified atom stereocenters. The van der Waals surface area contributed by atoms with Crippen molar-refractivity contribution >= 4 is 5.69 Å². The Morgan fingerprint density at radius 1 is 1.35 bits per heavy atom. The molecule has 0 radical (unpaired) electrons. The summed E-state index contributed by atoms with van der Waals surface area (Å²) in [6.07, 6.45) is 5.97. The molecular weight excluding hydrogens is 264 g/mol. The van der Waals surface area contributed by atoms with E-state index in [0.29, 0.717) is 12.1 Å². The molecule has 0 aromatic carbocycles. The van der Waals surface area contributed by atoms with Gasteiger partial charge in [-0.25, -0.2) is 8.78 Å². The topological polar surface area (TPSA) is 39.1 Å². The Bertz CT molecular complexity index is 437. The maximum atomic E-state index is 12.3. The van der Waals surface area contributed by atoms with Gasteiger partial charge in [0.15, 0.2) is 0 Å². The highest BCUT2D eigenvalue weighted by Gasteiger charge is 2.41. The van der Waals surface area contributed by atoms with E-state index in [1.165, 1.54) is 4.68 Å². The van der Waals surface area contributed by atoms with Crippen molar-refractivity contribution in [3.05, 3.63) is 12.4 Å². The van der Waals surface area contributed by atoms with Crippen LogP contribution in [0.15, 0.2) is 12.4 Å². The van der Waals surface area contributed by atoms with E-state index in [0.717, 1.165) is 43.2 Å². The lowest BCUT2D eigenvalue weighted by Crippen LogP contribution is -2.18. The second-order valence-electron chi connectivity index (χ2n) is 6.00. The summed E-state index contributed by atoms with van der Waals surface area (Å²) in [6, 6.07) is 0.437. The third kappa shape index (κ3) is 2.95. The maximum absolute atomic E-state index is 12.3. The van der Waals surface area contributed by atoms with E-state index in [-0.39, 0.29) is 6.54 Å². The largest absolute Gasteiger partial charge is 0.381 e. The van der Waals surface area contributed by atoms with Crippen molar-refractivity contribution < 1.29 is 13.5 Å². The van der Waals surface area contributed by atoms with Gasteiger partial charge in [0, 0.05) is 19.3 Å². The lowest BCUT2D eigenvalue weighted by atomic mass is 10.0. The zero-order valence-corrected chi connectivity index (χ0v) is 11.6. The summed E-state index contributed by atoms with van der Waals surface area (Å²) >= 11 is 0. The smallest absolute Gasteiger partial charge is 0.257 e. The van der Waals surface area contributed by atoms with Crippen LogP contribution in [-0.2, 0) is 11.3 Å². The molecule has 2 fully saturated rings. The van der Waals surface area contributed by atoms with Gasteiger partial charge in [0.1, 0.15) is 6.54 Å². The second kappa shape index (κ2) is 5.68. The van der Waals surface area contributed by atoms with Gasteiger partial charge in [-0.15, -0.1) is 0 Å². The molecule has 4 atom stereocenters.